The third kappa shape index (κ3) is 4.99. The van der Waals surface area contributed by atoms with E-state index in [0.29, 0.717) is 38.7 Å². The fraction of sp³-hybridized carbons (Fsp3) is 0.143. The van der Waals surface area contributed by atoms with Gasteiger partial charge in [-0.05, 0) is 70.6 Å². The number of nitrogens with one attached hydrogen (secondary N) is 2. The van der Waals surface area contributed by atoms with Crippen LogP contribution in [0.5, 0.6) is 11.5 Å². The van der Waals surface area contributed by atoms with Crippen molar-refractivity contribution in [1.29, 1.82) is 0 Å². The maximum atomic E-state index is 12.4. The lowest BCUT2D eigenvalue weighted by Gasteiger charge is -2.13. The lowest BCUT2D eigenvalue weighted by atomic mass is 10.1. The van der Waals surface area contributed by atoms with E-state index in [1.54, 1.807) is 62.8 Å². The van der Waals surface area contributed by atoms with Crippen molar-refractivity contribution in [2.45, 2.75) is 6.61 Å². The summed E-state index contributed by atoms with van der Waals surface area (Å²) in [7, 11) is 3.09. The molecule has 2 aromatic carbocycles. The highest BCUT2D eigenvalue weighted by Gasteiger charge is 2.14. The van der Waals surface area contributed by atoms with Gasteiger partial charge in [-0.3, -0.25) is 10.1 Å². The minimum Gasteiger partial charge on any atom is -0.496 e. The van der Waals surface area contributed by atoms with E-state index in [-0.39, 0.29) is 17.6 Å². The Bertz CT molecular complexity index is 1080. The van der Waals surface area contributed by atoms with Crippen molar-refractivity contribution in [2.24, 2.45) is 0 Å². The van der Waals surface area contributed by atoms with Gasteiger partial charge in [0, 0.05) is 17.3 Å². The van der Waals surface area contributed by atoms with Crippen LogP contribution in [0.1, 0.15) is 16.1 Å². The summed E-state index contributed by atoms with van der Waals surface area (Å²) in [5.74, 6) is 1.85. The number of benzene rings is 2. The number of hydrogen-bond donors (Lipinski definition) is 3. The van der Waals surface area contributed by atoms with Crippen LogP contribution >= 0.6 is 28.1 Å². The first kappa shape index (κ1) is 21.8. The van der Waals surface area contributed by atoms with Gasteiger partial charge in [-0.1, -0.05) is 0 Å². The molecule has 0 aliphatic rings. The zero-order valence-electron chi connectivity index (χ0n) is 16.2. The molecule has 3 N–H and O–H groups in total. The molecule has 1 heterocycles. The maximum Gasteiger partial charge on any atom is 0.257 e. The first-order valence-electron chi connectivity index (χ1n) is 8.79. The first-order valence-corrected chi connectivity index (χ1v) is 9.99. The third-order valence-corrected chi connectivity index (χ3v) is 5.01. The molecule has 1 aromatic heterocycles. The molecule has 9 heteroatoms. The van der Waals surface area contributed by atoms with Crippen molar-refractivity contribution in [1.82, 2.24) is 5.32 Å². The highest BCUT2D eigenvalue weighted by atomic mass is 79.9. The van der Waals surface area contributed by atoms with Gasteiger partial charge >= 0.3 is 0 Å². The van der Waals surface area contributed by atoms with Crippen molar-refractivity contribution in [3.63, 3.8) is 0 Å². The number of anilines is 1. The van der Waals surface area contributed by atoms with Crippen LogP contribution in [0.2, 0.25) is 0 Å². The molecule has 3 rings (SSSR count). The predicted octanol–water partition coefficient (Wildman–Crippen LogP) is 4.35. The smallest absolute Gasteiger partial charge is 0.257 e. The number of furan rings is 1. The Labute approximate surface area is 187 Å². The summed E-state index contributed by atoms with van der Waals surface area (Å²) < 4.78 is 16.8. The number of thiocarbonyl (C=S) groups is 1. The topological polar surface area (TPSA) is 93.0 Å². The number of halogens is 1. The van der Waals surface area contributed by atoms with Gasteiger partial charge in [0.1, 0.15) is 29.6 Å². The van der Waals surface area contributed by atoms with Gasteiger partial charge in [0.2, 0.25) is 0 Å². The van der Waals surface area contributed by atoms with Gasteiger partial charge in [-0.25, -0.2) is 0 Å². The number of amides is 1. The lowest BCUT2D eigenvalue weighted by Crippen LogP contribution is -2.34. The van der Waals surface area contributed by atoms with Crippen LogP contribution in [-0.2, 0) is 6.61 Å². The average Bonchev–Trinajstić information content (AvgIpc) is 3.22. The monoisotopic (exact) mass is 490 g/mol. The van der Waals surface area contributed by atoms with Gasteiger partial charge < -0.3 is 24.3 Å². The number of carbonyl (C=O) groups excluding carboxylic acids is 1. The molecular weight excluding hydrogens is 472 g/mol. The third-order valence-electron chi connectivity index (χ3n) is 4.18. The number of rotatable bonds is 6. The summed E-state index contributed by atoms with van der Waals surface area (Å²) in [4.78, 5) is 12.4. The van der Waals surface area contributed by atoms with Gasteiger partial charge in [-0.15, -0.1) is 0 Å². The fourth-order valence-corrected chi connectivity index (χ4v) is 3.48. The Balaban J connectivity index is 1.70. The molecule has 1 amide bonds. The first-order chi connectivity index (χ1) is 14.4. The highest BCUT2D eigenvalue weighted by Crippen LogP contribution is 2.33. The second-order valence-corrected chi connectivity index (χ2v) is 7.36. The second-order valence-electron chi connectivity index (χ2n) is 6.10. The van der Waals surface area contributed by atoms with E-state index in [4.69, 9.17) is 26.1 Å². The van der Waals surface area contributed by atoms with E-state index in [9.17, 15) is 9.90 Å². The van der Waals surface area contributed by atoms with Crippen LogP contribution in [0.15, 0.2) is 57.4 Å². The van der Waals surface area contributed by atoms with Crippen LogP contribution < -0.4 is 20.1 Å². The predicted molar refractivity (Wildman–Crippen MR) is 121 cm³/mol. The minimum atomic E-state index is -0.355. The molecule has 0 spiro atoms. The summed E-state index contributed by atoms with van der Waals surface area (Å²) in [5.41, 5.74) is 1.78. The summed E-state index contributed by atoms with van der Waals surface area (Å²) in [5, 5.41) is 14.9. The molecule has 30 heavy (non-hydrogen) atoms. The molecule has 0 bridgehead atoms. The van der Waals surface area contributed by atoms with Crippen LogP contribution in [0, 0.1) is 0 Å². The maximum absolute atomic E-state index is 12.4. The molecular formula is C21H19BrN2O5S. The molecule has 0 aliphatic heterocycles. The number of aliphatic hydroxyl groups excluding tert-OH is 1. The van der Waals surface area contributed by atoms with Gasteiger partial charge in [-0.2, -0.15) is 0 Å². The van der Waals surface area contributed by atoms with Gasteiger partial charge in [0.25, 0.3) is 5.91 Å². The number of ether oxygens (including phenoxy) is 2. The quantitative estimate of drug-likeness (QED) is 0.442. The largest absolute Gasteiger partial charge is 0.496 e. The van der Waals surface area contributed by atoms with E-state index < -0.39 is 0 Å². The molecule has 0 fully saturated rings. The van der Waals surface area contributed by atoms with Crippen molar-refractivity contribution < 1.29 is 23.8 Å². The fourth-order valence-electron chi connectivity index (χ4n) is 2.73. The molecule has 0 atom stereocenters. The second kappa shape index (κ2) is 9.75. The Morgan fingerprint density at radius 2 is 1.87 bits per heavy atom. The van der Waals surface area contributed by atoms with Crippen LogP contribution in [0.4, 0.5) is 5.69 Å². The van der Waals surface area contributed by atoms with Crippen molar-refractivity contribution in [2.75, 3.05) is 19.5 Å². The van der Waals surface area contributed by atoms with E-state index >= 15 is 0 Å². The molecule has 0 aliphatic carbocycles. The van der Waals surface area contributed by atoms with E-state index in [1.165, 1.54) is 0 Å². The van der Waals surface area contributed by atoms with Gasteiger partial charge in [0.05, 0.1) is 24.3 Å². The molecule has 0 saturated heterocycles. The zero-order valence-corrected chi connectivity index (χ0v) is 18.6. The number of hydrogen-bond acceptors (Lipinski definition) is 6. The highest BCUT2D eigenvalue weighted by molar-refractivity contribution is 9.10. The van der Waals surface area contributed by atoms with Crippen molar-refractivity contribution in [3.05, 3.63) is 64.3 Å². The zero-order chi connectivity index (χ0) is 21.7. The van der Waals surface area contributed by atoms with E-state index in [1.807, 2.05) is 0 Å². The van der Waals surface area contributed by atoms with Crippen molar-refractivity contribution >= 4 is 44.9 Å². The standard InChI is InChI=1S/C21H19BrN2O5S/c1-27-18-7-3-12(9-16(18)22)20(26)24-21(30)23-13-4-6-15(19(10-13)28-2)17-8-5-14(11-25)29-17/h3-10,25H,11H2,1-2H3,(H2,23,24,26,30). The Kier molecular flexibility index (Phi) is 7.09. The Morgan fingerprint density at radius 1 is 1.10 bits per heavy atom. The van der Waals surface area contributed by atoms with Crippen LogP contribution in [0.25, 0.3) is 11.3 Å². The van der Waals surface area contributed by atoms with Crippen LogP contribution in [0.3, 0.4) is 0 Å². The Hall–Kier alpha value is -2.88. The summed E-state index contributed by atoms with van der Waals surface area (Å²) in [6.45, 7) is -0.180. The van der Waals surface area contributed by atoms with Gasteiger partial charge in [0.15, 0.2) is 5.11 Å². The van der Waals surface area contributed by atoms with E-state index in [0.717, 1.165) is 5.56 Å². The molecule has 156 valence electrons. The normalized spacial score (nSPS) is 10.4. The molecule has 7 nitrogen and oxygen atoms in total. The SMILES string of the molecule is COc1ccc(C(=O)NC(=S)Nc2ccc(-c3ccc(CO)o3)c(OC)c2)cc1Br. The summed E-state index contributed by atoms with van der Waals surface area (Å²) in [6, 6.07) is 13.8. The number of aliphatic hydroxyl groups is 1. The molecule has 0 unspecified atom stereocenters. The minimum absolute atomic E-state index is 0.141. The lowest BCUT2D eigenvalue weighted by molar-refractivity contribution is 0.0977. The van der Waals surface area contributed by atoms with Crippen LogP contribution in [-0.4, -0.2) is 30.3 Å². The summed E-state index contributed by atoms with van der Waals surface area (Å²) >= 11 is 8.61. The molecule has 0 saturated carbocycles. The van der Waals surface area contributed by atoms with Crippen molar-refractivity contribution in [3.8, 4) is 22.8 Å². The molecule has 3 aromatic rings. The number of methoxy groups -OCH3 is 2. The van der Waals surface area contributed by atoms with E-state index in [2.05, 4.69) is 26.6 Å². The average molecular weight is 491 g/mol. The Morgan fingerprint density at radius 3 is 2.50 bits per heavy atom. The number of carbonyl (C=O) groups is 1. The molecule has 0 radical (unpaired) electrons. The summed E-state index contributed by atoms with van der Waals surface area (Å²) in [6.07, 6.45) is 0.